The standard InChI is InChI=1S/C24H21ClFN3O5/c1-33-23-14-16(6-8-22(23)34-21-9-7-17(25)15-20(21)29(31)32)24(30)28-12-10-27(11-13-28)19-5-3-2-4-18(19)26/h2-9,14-15H,10-13H2,1H3. The van der Waals surface area contributed by atoms with Gasteiger partial charge in [-0.3, -0.25) is 14.9 Å². The van der Waals surface area contributed by atoms with E-state index in [1.807, 2.05) is 4.90 Å². The van der Waals surface area contributed by atoms with Gasteiger partial charge in [-0.05, 0) is 42.5 Å². The van der Waals surface area contributed by atoms with Crippen molar-refractivity contribution >= 4 is 28.9 Å². The maximum Gasteiger partial charge on any atom is 0.313 e. The van der Waals surface area contributed by atoms with Gasteiger partial charge in [-0.15, -0.1) is 0 Å². The summed E-state index contributed by atoms with van der Waals surface area (Å²) in [6.07, 6.45) is 0. The summed E-state index contributed by atoms with van der Waals surface area (Å²) in [5.41, 5.74) is 0.616. The number of nitro groups is 1. The van der Waals surface area contributed by atoms with Crippen molar-refractivity contribution in [2.24, 2.45) is 0 Å². The Labute approximate surface area is 200 Å². The van der Waals surface area contributed by atoms with Gasteiger partial charge in [-0.25, -0.2) is 4.39 Å². The second kappa shape index (κ2) is 9.96. The molecule has 4 rings (SSSR count). The van der Waals surface area contributed by atoms with Crippen LogP contribution in [-0.2, 0) is 0 Å². The fraction of sp³-hybridized carbons (Fsp3) is 0.208. The number of rotatable bonds is 6. The number of amides is 1. The lowest BCUT2D eigenvalue weighted by molar-refractivity contribution is -0.385. The van der Waals surface area contributed by atoms with Crippen molar-refractivity contribution in [3.8, 4) is 17.2 Å². The molecule has 0 bridgehead atoms. The first kappa shape index (κ1) is 23.3. The minimum Gasteiger partial charge on any atom is -0.493 e. The van der Waals surface area contributed by atoms with Gasteiger partial charge in [0.1, 0.15) is 5.82 Å². The summed E-state index contributed by atoms with van der Waals surface area (Å²) in [5.74, 6) is -0.0241. The Morgan fingerprint density at radius 3 is 2.38 bits per heavy atom. The first-order chi connectivity index (χ1) is 16.4. The molecule has 34 heavy (non-hydrogen) atoms. The average molecular weight is 486 g/mol. The van der Waals surface area contributed by atoms with E-state index in [4.69, 9.17) is 21.1 Å². The van der Waals surface area contributed by atoms with Gasteiger partial charge in [-0.1, -0.05) is 23.7 Å². The zero-order valence-electron chi connectivity index (χ0n) is 18.2. The summed E-state index contributed by atoms with van der Waals surface area (Å²) in [7, 11) is 1.42. The molecule has 0 N–H and O–H groups in total. The minimum absolute atomic E-state index is 0.00366. The van der Waals surface area contributed by atoms with Crippen LogP contribution in [0.1, 0.15) is 10.4 Å². The predicted molar refractivity (Wildman–Crippen MR) is 126 cm³/mol. The Morgan fingerprint density at radius 1 is 1.00 bits per heavy atom. The second-order valence-corrected chi connectivity index (χ2v) is 8.00. The number of nitrogens with zero attached hydrogens (tertiary/aromatic N) is 3. The predicted octanol–water partition coefficient (Wildman–Crippen LogP) is 5.15. The Bertz CT molecular complexity index is 1230. The highest BCUT2D eigenvalue weighted by molar-refractivity contribution is 6.30. The summed E-state index contributed by atoms with van der Waals surface area (Å²) in [6.45, 7) is 1.88. The van der Waals surface area contributed by atoms with Crippen LogP contribution in [0.25, 0.3) is 0 Å². The van der Waals surface area contributed by atoms with Crippen LogP contribution >= 0.6 is 11.6 Å². The van der Waals surface area contributed by atoms with Crippen molar-refractivity contribution in [1.82, 2.24) is 4.90 Å². The first-order valence-corrected chi connectivity index (χ1v) is 10.8. The van der Waals surface area contributed by atoms with Gasteiger partial charge < -0.3 is 19.3 Å². The lowest BCUT2D eigenvalue weighted by Gasteiger charge is -2.36. The van der Waals surface area contributed by atoms with Crippen LogP contribution in [0.2, 0.25) is 5.02 Å². The summed E-state index contributed by atoms with van der Waals surface area (Å²) >= 11 is 5.85. The van der Waals surface area contributed by atoms with Crippen molar-refractivity contribution in [3.63, 3.8) is 0 Å². The Morgan fingerprint density at radius 2 is 1.71 bits per heavy atom. The molecule has 0 saturated carbocycles. The molecule has 3 aromatic carbocycles. The lowest BCUT2D eigenvalue weighted by atomic mass is 10.1. The summed E-state index contributed by atoms with van der Waals surface area (Å²) in [5, 5.41) is 11.5. The summed E-state index contributed by atoms with van der Waals surface area (Å²) < 4.78 is 25.1. The molecule has 8 nitrogen and oxygen atoms in total. The third-order valence-corrected chi connectivity index (χ3v) is 5.74. The fourth-order valence-electron chi connectivity index (χ4n) is 3.76. The van der Waals surface area contributed by atoms with E-state index in [-0.39, 0.29) is 39.7 Å². The van der Waals surface area contributed by atoms with E-state index in [0.717, 1.165) is 0 Å². The normalized spacial score (nSPS) is 13.5. The molecule has 1 saturated heterocycles. The highest BCUT2D eigenvalue weighted by atomic mass is 35.5. The second-order valence-electron chi connectivity index (χ2n) is 7.57. The van der Waals surface area contributed by atoms with E-state index >= 15 is 0 Å². The van der Waals surface area contributed by atoms with Crippen LogP contribution < -0.4 is 14.4 Å². The van der Waals surface area contributed by atoms with Crippen LogP contribution in [-0.4, -0.2) is 49.0 Å². The third-order valence-electron chi connectivity index (χ3n) is 5.51. The van der Waals surface area contributed by atoms with E-state index in [0.29, 0.717) is 37.4 Å². The molecule has 1 aliphatic heterocycles. The number of hydrogen-bond acceptors (Lipinski definition) is 6. The zero-order chi connectivity index (χ0) is 24.2. The molecule has 0 spiro atoms. The number of hydrogen-bond donors (Lipinski definition) is 0. The van der Waals surface area contributed by atoms with Crippen molar-refractivity contribution in [2.45, 2.75) is 0 Å². The van der Waals surface area contributed by atoms with Crippen molar-refractivity contribution in [2.75, 3.05) is 38.2 Å². The number of nitro benzene ring substituents is 1. The van der Waals surface area contributed by atoms with E-state index in [1.165, 1.54) is 43.5 Å². The molecule has 0 aromatic heterocycles. The third kappa shape index (κ3) is 4.89. The smallest absolute Gasteiger partial charge is 0.313 e. The highest BCUT2D eigenvalue weighted by Crippen LogP contribution is 2.38. The van der Waals surface area contributed by atoms with Crippen LogP contribution in [0.5, 0.6) is 17.2 Å². The maximum absolute atomic E-state index is 14.1. The number of methoxy groups -OCH3 is 1. The minimum atomic E-state index is -0.591. The van der Waals surface area contributed by atoms with E-state index < -0.39 is 4.92 Å². The summed E-state index contributed by atoms with van der Waals surface area (Å²) in [4.78, 5) is 27.4. The molecule has 0 radical (unpaired) electrons. The molecule has 1 heterocycles. The van der Waals surface area contributed by atoms with Crippen LogP contribution in [0, 0.1) is 15.9 Å². The van der Waals surface area contributed by atoms with Gasteiger partial charge in [0.25, 0.3) is 5.91 Å². The van der Waals surface area contributed by atoms with Crippen molar-refractivity contribution in [1.29, 1.82) is 0 Å². The first-order valence-electron chi connectivity index (χ1n) is 10.5. The lowest BCUT2D eigenvalue weighted by Crippen LogP contribution is -2.49. The molecule has 3 aromatic rings. The fourth-order valence-corrected chi connectivity index (χ4v) is 3.93. The Balaban J connectivity index is 1.48. The number of carbonyl (C=O) groups is 1. The number of carbonyl (C=O) groups excluding carboxylic acids is 1. The van der Waals surface area contributed by atoms with Gasteiger partial charge in [0.05, 0.1) is 17.7 Å². The zero-order valence-corrected chi connectivity index (χ0v) is 19.0. The molecule has 0 atom stereocenters. The van der Waals surface area contributed by atoms with Gasteiger partial charge >= 0.3 is 5.69 Å². The molecular weight excluding hydrogens is 465 g/mol. The molecule has 1 fully saturated rings. The molecule has 10 heteroatoms. The van der Waals surface area contributed by atoms with E-state index in [9.17, 15) is 19.3 Å². The number of piperazine rings is 1. The van der Waals surface area contributed by atoms with E-state index in [1.54, 1.807) is 29.2 Å². The quantitative estimate of drug-likeness (QED) is 0.354. The SMILES string of the molecule is COc1cc(C(=O)N2CCN(c3ccccc3F)CC2)ccc1Oc1ccc(Cl)cc1[N+](=O)[O-]. The largest absolute Gasteiger partial charge is 0.493 e. The molecule has 176 valence electrons. The monoisotopic (exact) mass is 485 g/mol. The topological polar surface area (TPSA) is 85.2 Å². The summed E-state index contributed by atoms with van der Waals surface area (Å²) in [6, 6.07) is 15.3. The van der Waals surface area contributed by atoms with Gasteiger partial charge in [0, 0.05) is 42.8 Å². The number of para-hydroxylation sites is 1. The molecule has 0 aliphatic carbocycles. The van der Waals surface area contributed by atoms with Crippen LogP contribution in [0.15, 0.2) is 60.7 Å². The molecule has 1 amide bonds. The van der Waals surface area contributed by atoms with Gasteiger partial charge in [-0.2, -0.15) is 0 Å². The molecular formula is C24H21ClFN3O5. The highest BCUT2D eigenvalue weighted by Gasteiger charge is 2.25. The molecule has 1 aliphatic rings. The number of ether oxygens (including phenoxy) is 2. The Hall–Kier alpha value is -3.85. The van der Waals surface area contributed by atoms with Crippen LogP contribution in [0.3, 0.4) is 0 Å². The number of anilines is 1. The average Bonchev–Trinajstić information content (AvgIpc) is 2.85. The van der Waals surface area contributed by atoms with Crippen molar-refractivity contribution < 1.29 is 23.6 Å². The Kier molecular flexibility index (Phi) is 6.83. The maximum atomic E-state index is 14.1. The number of halogens is 2. The van der Waals surface area contributed by atoms with Gasteiger partial charge in [0.2, 0.25) is 5.75 Å². The van der Waals surface area contributed by atoms with Crippen LogP contribution in [0.4, 0.5) is 15.8 Å². The van der Waals surface area contributed by atoms with Crippen molar-refractivity contribution in [3.05, 3.63) is 87.2 Å². The number of benzene rings is 3. The molecule has 0 unspecified atom stereocenters. The van der Waals surface area contributed by atoms with E-state index in [2.05, 4.69) is 0 Å². The van der Waals surface area contributed by atoms with Gasteiger partial charge in [0.15, 0.2) is 11.5 Å².